The Labute approximate surface area is 176 Å². The maximum atomic E-state index is 13.1. The molecule has 1 saturated heterocycles. The summed E-state index contributed by atoms with van der Waals surface area (Å²) in [4.78, 5) is 31.8. The monoisotopic (exact) mass is 434 g/mol. The van der Waals surface area contributed by atoms with E-state index in [1.165, 1.54) is 11.8 Å². The van der Waals surface area contributed by atoms with E-state index in [0.717, 1.165) is 0 Å². The largest absolute Gasteiger partial charge is 0.293 e. The molecule has 0 bridgehead atoms. The maximum Gasteiger partial charge on any atom is 0.241 e. The van der Waals surface area contributed by atoms with Crippen molar-refractivity contribution in [3.05, 3.63) is 64.1 Å². The summed E-state index contributed by atoms with van der Waals surface area (Å²) >= 11 is 13.2. The Morgan fingerprint density at radius 1 is 1.18 bits per heavy atom. The van der Waals surface area contributed by atoms with Gasteiger partial charge in [0.15, 0.2) is 11.0 Å². The molecule has 4 rings (SSSR count). The van der Waals surface area contributed by atoms with Gasteiger partial charge < -0.3 is 0 Å². The first-order valence-corrected chi connectivity index (χ1v) is 10.3. The van der Waals surface area contributed by atoms with E-state index in [1.54, 1.807) is 53.4 Å². The number of ketones is 1. The number of nitrogens with zero attached hydrogens (tertiary/aromatic N) is 2. The number of amidine groups is 1. The Morgan fingerprint density at radius 3 is 2.71 bits per heavy atom. The molecule has 2 heterocycles. The van der Waals surface area contributed by atoms with E-state index in [2.05, 4.69) is 15.8 Å². The fraction of sp³-hybridized carbons (Fsp3) is 0.211. The van der Waals surface area contributed by atoms with Crippen molar-refractivity contribution in [2.75, 3.05) is 17.2 Å². The zero-order valence-electron chi connectivity index (χ0n) is 14.6. The van der Waals surface area contributed by atoms with E-state index in [1.807, 2.05) is 0 Å². The molecule has 0 aromatic heterocycles. The number of carbonyl (C=O) groups is 2. The average molecular weight is 435 g/mol. The number of Topliss-reactive ketones (excluding diaryl/α,β-unsaturated/α-hetero) is 1. The molecule has 2 aliphatic heterocycles. The summed E-state index contributed by atoms with van der Waals surface area (Å²) in [7, 11) is 0. The molecule has 2 unspecified atom stereocenters. The number of nitrogens with one attached hydrogen (secondary N) is 2. The lowest BCUT2D eigenvalue weighted by atomic mass is 10.0. The van der Waals surface area contributed by atoms with Gasteiger partial charge in [0.25, 0.3) is 0 Å². The van der Waals surface area contributed by atoms with Gasteiger partial charge in [-0.05, 0) is 42.5 Å². The van der Waals surface area contributed by atoms with E-state index in [4.69, 9.17) is 23.2 Å². The van der Waals surface area contributed by atoms with Crippen LogP contribution in [-0.4, -0.2) is 35.3 Å². The van der Waals surface area contributed by atoms with Crippen LogP contribution in [0.3, 0.4) is 0 Å². The van der Waals surface area contributed by atoms with Crippen LogP contribution in [-0.2, 0) is 4.79 Å². The summed E-state index contributed by atoms with van der Waals surface area (Å²) in [6.07, 6.45) is -0.351. The molecule has 28 heavy (non-hydrogen) atoms. The SMILES string of the molecule is O=C(CSC1=NC2NNCC2C(=O)N1c1cccc(Cl)c1)c1ccc(Cl)cc1. The summed E-state index contributed by atoms with van der Waals surface area (Å²) in [6.45, 7) is 0.492. The molecular weight excluding hydrogens is 419 g/mol. The Hall–Kier alpha value is -1.90. The number of rotatable bonds is 4. The van der Waals surface area contributed by atoms with Gasteiger partial charge in [0.2, 0.25) is 5.91 Å². The predicted octanol–water partition coefficient (Wildman–Crippen LogP) is 3.36. The molecule has 144 valence electrons. The van der Waals surface area contributed by atoms with Gasteiger partial charge in [-0.1, -0.05) is 41.0 Å². The highest BCUT2D eigenvalue weighted by molar-refractivity contribution is 8.14. The number of fused-ring (bicyclic) bond motifs is 1. The van der Waals surface area contributed by atoms with Crippen molar-refractivity contribution in [3.63, 3.8) is 0 Å². The van der Waals surface area contributed by atoms with E-state index < -0.39 is 0 Å². The summed E-state index contributed by atoms with van der Waals surface area (Å²) in [6, 6.07) is 13.8. The number of anilines is 1. The van der Waals surface area contributed by atoms with Crippen LogP contribution in [0.2, 0.25) is 10.0 Å². The van der Waals surface area contributed by atoms with Crippen molar-refractivity contribution in [1.82, 2.24) is 10.9 Å². The van der Waals surface area contributed by atoms with Crippen molar-refractivity contribution in [1.29, 1.82) is 0 Å². The molecule has 2 atom stereocenters. The van der Waals surface area contributed by atoms with E-state index >= 15 is 0 Å². The summed E-state index contributed by atoms with van der Waals surface area (Å²) < 4.78 is 0. The van der Waals surface area contributed by atoms with Gasteiger partial charge in [0.1, 0.15) is 6.17 Å². The molecule has 2 aromatic rings. The van der Waals surface area contributed by atoms with Crippen LogP contribution in [0.25, 0.3) is 0 Å². The van der Waals surface area contributed by atoms with Crippen molar-refractivity contribution < 1.29 is 9.59 Å². The first-order chi connectivity index (χ1) is 13.5. The highest BCUT2D eigenvalue weighted by Gasteiger charge is 2.42. The Bertz CT molecular complexity index is 951. The minimum atomic E-state index is -0.351. The third kappa shape index (κ3) is 3.94. The van der Waals surface area contributed by atoms with Crippen LogP contribution in [0.5, 0.6) is 0 Å². The normalized spacial score (nSPS) is 21.4. The van der Waals surface area contributed by atoms with Crippen molar-refractivity contribution in [3.8, 4) is 0 Å². The molecule has 0 radical (unpaired) electrons. The first kappa shape index (κ1) is 19.4. The van der Waals surface area contributed by atoms with Crippen LogP contribution in [0, 0.1) is 5.92 Å². The standard InChI is InChI=1S/C19H16Cl2N4O2S/c20-12-6-4-11(5-7-12)16(26)10-28-19-23-17-15(9-22-24-17)18(27)25(19)14-3-1-2-13(21)8-14/h1-8,15,17,22,24H,9-10H2. The minimum absolute atomic E-state index is 0.0671. The number of hydrazine groups is 1. The molecule has 1 amide bonds. The van der Waals surface area contributed by atoms with Gasteiger partial charge in [0.05, 0.1) is 17.4 Å². The lowest BCUT2D eigenvalue weighted by Crippen LogP contribution is -2.49. The fourth-order valence-electron chi connectivity index (χ4n) is 3.07. The number of hydrogen-bond donors (Lipinski definition) is 2. The summed E-state index contributed by atoms with van der Waals surface area (Å²) in [5, 5.41) is 1.56. The molecule has 0 aliphatic carbocycles. The second-order valence-corrected chi connectivity index (χ2v) is 8.18. The lowest BCUT2D eigenvalue weighted by molar-refractivity contribution is -0.121. The zero-order valence-corrected chi connectivity index (χ0v) is 16.9. The topological polar surface area (TPSA) is 73.8 Å². The van der Waals surface area contributed by atoms with E-state index in [-0.39, 0.29) is 29.5 Å². The molecule has 6 nitrogen and oxygen atoms in total. The first-order valence-electron chi connectivity index (χ1n) is 8.60. The number of aliphatic imine (C=N–C) groups is 1. The highest BCUT2D eigenvalue weighted by Crippen LogP contribution is 2.30. The smallest absolute Gasteiger partial charge is 0.241 e. The highest BCUT2D eigenvalue weighted by atomic mass is 35.5. The Kier molecular flexibility index (Phi) is 5.70. The number of amides is 1. The molecule has 2 aliphatic rings. The summed E-state index contributed by atoms with van der Waals surface area (Å²) in [5.41, 5.74) is 7.17. The molecule has 2 N–H and O–H groups in total. The molecule has 2 aromatic carbocycles. The van der Waals surface area contributed by atoms with Crippen molar-refractivity contribution in [2.24, 2.45) is 10.9 Å². The fourth-order valence-corrected chi connectivity index (χ4v) is 4.32. The number of halogens is 2. The second kappa shape index (κ2) is 8.23. The molecular formula is C19H16Cl2N4O2S. The number of benzene rings is 2. The molecule has 0 spiro atoms. The number of carbonyl (C=O) groups excluding carboxylic acids is 2. The van der Waals surface area contributed by atoms with Gasteiger partial charge in [-0.15, -0.1) is 0 Å². The third-order valence-electron chi connectivity index (χ3n) is 4.50. The average Bonchev–Trinajstić information content (AvgIpc) is 3.15. The molecule has 9 heteroatoms. The maximum absolute atomic E-state index is 13.1. The second-order valence-electron chi connectivity index (χ2n) is 6.36. The van der Waals surface area contributed by atoms with E-state index in [0.29, 0.717) is 33.0 Å². The van der Waals surface area contributed by atoms with Gasteiger partial charge >= 0.3 is 0 Å². The molecule has 0 saturated carbocycles. The Morgan fingerprint density at radius 2 is 1.96 bits per heavy atom. The summed E-state index contributed by atoms with van der Waals surface area (Å²) in [5.74, 6) is -0.311. The Balaban J connectivity index is 1.59. The number of thioether (sulfide) groups is 1. The quantitative estimate of drug-likeness (QED) is 0.721. The van der Waals surface area contributed by atoms with Crippen molar-refractivity contribution >= 4 is 57.5 Å². The van der Waals surface area contributed by atoms with Crippen LogP contribution < -0.4 is 15.8 Å². The van der Waals surface area contributed by atoms with Gasteiger partial charge in [-0.3, -0.25) is 19.9 Å². The van der Waals surface area contributed by atoms with Crippen LogP contribution in [0.1, 0.15) is 10.4 Å². The lowest BCUT2D eigenvalue weighted by Gasteiger charge is -2.32. The zero-order chi connectivity index (χ0) is 19.7. The third-order valence-corrected chi connectivity index (χ3v) is 5.94. The minimum Gasteiger partial charge on any atom is -0.293 e. The molecule has 1 fully saturated rings. The predicted molar refractivity (Wildman–Crippen MR) is 113 cm³/mol. The van der Waals surface area contributed by atoms with Crippen LogP contribution in [0.4, 0.5) is 5.69 Å². The van der Waals surface area contributed by atoms with Gasteiger partial charge in [0, 0.05) is 22.2 Å². The van der Waals surface area contributed by atoms with Gasteiger partial charge in [-0.2, -0.15) is 0 Å². The number of hydrogen-bond acceptors (Lipinski definition) is 6. The van der Waals surface area contributed by atoms with Crippen LogP contribution in [0.15, 0.2) is 53.5 Å². The van der Waals surface area contributed by atoms with Gasteiger partial charge in [-0.25, -0.2) is 10.4 Å². The van der Waals surface area contributed by atoms with Crippen LogP contribution >= 0.6 is 35.0 Å². The van der Waals surface area contributed by atoms with E-state index in [9.17, 15) is 9.59 Å². The van der Waals surface area contributed by atoms with Crippen molar-refractivity contribution in [2.45, 2.75) is 6.17 Å².